The van der Waals surface area contributed by atoms with E-state index in [1.54, 1.807) is 0 Å². The molecule has 1 aliphatic rings. The lowest BCUT2D eigenvalue weighted by atomic mass is 9.92. The van der Waals surface area contributed by atoms with Gasteiger partial charge < -0.3 is 15.1 Å². The molecule has 1 fully saturated rings. The quantitative estimate of drug-likeness (QED) is 0.731. The molecule has 0 aromatic rings. The second kappa shape index (κ2) is 8.06. The van der Waals surface area contributed by atoms with Gasteiger partial charge in [0.1, 0.15) is 0 Å². The van der Waals surface area contributed by atoms with Gasteiger partial charge in [-0.2, -0.15) is 0 Å². The summed E-state index contributed by atoms with van der Waals surface area (Å²) >= 11 is 0. The predicted octanol–water partition coefficient (Wildman–Crippen LogP) is 1.65. The van der Waals surface area contributed by atoms with Crippen LogP contribution < -0.4 is 5.32 Å². The SMILES string of the molecule is CCCN(CCN(C)C)CC1CCNC(C)C1. The maximum Gasteiger partial charge on any atom is 0.0109 e. The molecule has 1 rings (SSSR count). The largest absolute Gasteiger partial charge is 0.314 e. The van der Waals surface area contributed by atoms with E-state index in [4.69, 9.17) is 0 Å². The van der Waals surface area contributed by atoms with Crippen molar-refractivity contribution >= 4 is 0 Å². The van der Waals surface area contributed by atoms with E-state index in [1.165, 1.54) is 52.0 Å². The zero-order valence-electron chi connectivity index (χ0n) is 12.2. The normalized spacial score (nSPS) is 25.8. The van der Waals surface area contributed by atoms with Crippen LogP contribution in [0.25, 0.3) is 0 Å². The molecule has 102 valence electrons. The van der Waals surface area contributed by atoms with Crippen LogP contribution in [0.5, 0.6) is 0 Å². The summed E-state index contributed by atoms with van der Waals surface area (Å²) in [5, 5.41) is 3.54. The van der Waals surface area contributed by atoms with Crippen molar-refractivity contribution in [2.24, 2.45) is 5.92 Å². The second-order valence-corrected chi connectivity index (χ2v) is 5.85. The van der Waals surface area contributed by atoms with Crippen LogP contribution in [-0.4, -0.2) is 62.7 Å². The monoisotopic (exact) mass is 241 g/mol. The molecule has 0 aromatic heterocycles. The number of likely N-dealkylation sites (N-methyl/N-ethyl adjacent to an activating group) is 1. The summed E-state index contributed by atoms with van der Waals surface area (Å²) in [4.78, 5) is 4.94. The van der Waals surface area contributed by atoms with Crippen molar-refractivity contribution in [2.45, 2.75) is 39.2 Å². The topological polar surface area (TPSA) is 18.5 Å². The third-order valence-electron chi connectivity index (χ3n) is 3.65. The van der Waals surface area contributed by atoms with E-state index in [9.17, 15) is 0 Å². The molecule has 2 atom stereocenters. The molecule has 1 heterocycles. The lowest BCUT2D eigenvalue weighted by molar-refractivity contribution is 0.179. The fourth-order valence-electron chi connectivity index (χ4n) is 2.72. The molecule has 0 bridgehead atoms. The summed E-state index contributed by atoms with van der Waals surface area (Å²) in [7, 11) is 4.33. The molecule has 3 heteroatoms. The Morgan fingerprint density at radius 2 is 1.94 bits per heavy atom. The smallest absolute Gasteiger partial charge is 0.0109 e. The van der Waals surface area contributed by atoms with Gasteiger partial charge in [0, 0.05) is 25.7 Å². The first-order chi connectivity index (χ1) is 8.11. The van der Waals surface area contributed by atoms with Crippen molar-refractivity contribution < 1.29 is 0 Å². The van der Waals surface area contributed by atoms with E-state index in [0.29, 0.717) is 6.04 Å². The van der Waals surface area contributed by atoms with Crippen LogP contribution in [-0.2, 0) is 0 Å². The van der Waals surface area contributed by atoms with Crippen LogP contribution >= 0.6 is 0 Å². The van der Waals surface area contributed by atoms with Gasteiger partial charge in [-0.3, -0.25) is 0 Å². The van der Waals surface area contributed by atoms with E-state index in [1.807, 2.05) is 0 Å². The Bertz CT molecular complexity index is 194. The van der Waals surface area contributed by atoms with Crippen LogP contribution in [0.15, 0.2) is 0 Å². The van der Waals surface area contributed by atoms with Gasteiger partial charge in [-0.25, -0.2) is 0 Å². The highest BCUT2D eigenvalue weighted by Crippen LogP contribution is 2.17. The lowest BCUT2D eigenvalue weighted by Crippen LogP contribution is -2.42. The highest BCUT2D eigenvalue weighted by Gasteiger charge is 2.20. The molecule has 1 saturated heterocycles. The van der Waals surface area contributed by atoms with Gasteiger partial charge >= 0.3 is 0 Å². The summed E-state index contributed by atoms with van der Waals surface area (Å²) in [6.07, 6.45) is 3.97. The molecule has 0 amide bonds. The highest BCUT2D eigenvalue weighted by molar-refractivity contribution is 4.77. The third kappa shape index (κ3) is 6.39. The molecular weight excluding hydrogens is 210 g/mol. The Kier molecular flexibility index (Phi) is 7.09. The predicted molar refractivity (Wildman–Crippen MR) is 75.5 cm³/mol. The average Bonchev–Trinajstić information content (AvgIpc) is 2.26. The Morgan fingerprint density at radius 1 is 1.18 bits per heavy atom. The van der Waals surface area contributed by atoms with E-state index in [0.717, 1.165) is 5.92 Å². The van der Waals surface area contributed by atoms with E-state index >= 15 is 0 Å². The number of piperidine rings is 1. The van der Waals surface area contributed by atoms with Crippen molar-refractivity contribution in [3.63, 3.8) is 0 Å². The number of rotatable bonds is 7. The van der Waals surface area contributed by atoms with Gasteiger partial charge in [0.05, 0.1) is 0 Å². The fraction of sp³-hybridized carbons (Fsp3) is 1.00. The molecule has 3 nitrogen and oxygen atoms in total. The number of nitrogens with one attached hydrogen (secondary N) is 1. The van der Waals surface area contributed by atoms with Crippen molar-refractivity contribution in [1.82, 2.24) is 15.1 Å². The molecule has 0 spiro atoms. The van der Waals surface area contributed by atoms with Crippen LogP contribution in [0.2, 0.25) is 0 Å². The summed E-state index contributed by atoms with van der Waals surface area (Å²) in [6.45, 7) is 10.8. The fourth-order valence-corrected chi connectivity index (χ4v) is 2.72. The molecule has 0 radical (unpaired) electrons. The van der Waals surface area contributed by atoms with Crippen LogP contribution in [0.3, 0.4) is 0 Å². The first-order valence-corrected chi connectivity index (χ1v) is 7.22. The van der Waals surface area contributed by atoms with E-state index < -0.39 is 0 Å². The maximum absolute atomic E-state index is 3.54. The zero-order valence-corrected chi connectivity index (χ0v) is 12.2. The van der Waals surface area contributed by atoms with Crippen LogP contribution in [0, 0.1) is 5.92 Å². The Hall–Kier alpha value is -0.120. The molecule has 1 aliphatic heterocycles. The average molecular weight is 241 g/mol. The van der Waals surface area contributed by atoms with Gasteiger partial charge in [0.15, 0.2) is 0 Å². The number of hydrogen-bond donors (Lipinski definition) is 1. The maximum atomic E-state index is 3.54. The second-order valence-electron chi connectivity index (χ2n) is 5.85. The van der Waals surface area contributed by atoms with Crippen LogP contribution in [0.1, 0.15) is 33.1 Å². The van der Waals surface area contributed by atoms with Crippen molar-refractivity contribution in [3.8, 4) is 0 Å². The zero-order chi connectivity index (χ0) is 12.7. The third-order valence-corrected chi connectivity index (χ3v) is 3.65. The van der Waals surface area contributed by atoms with Gasteiger partial charge in [0.2, 0.25) is 0 Å². The van der Waals surface area contributed by atoms with Crippen LogP contribution in [0.4, 0.5) is 0 Å². The first-order valence-electron chi connectivity index (χ1n) is 7.22. The molecule has 0 aromatic carbocycles. The first kappa shape index (κ1) is 14.9. The number of nitrogens with zero attached hydrogens (tertiary/aromatic N) is 2. The minimum atomic E-state index is 0.714. The standard InChI is InChI=1S/C14H31N3/c1-5-8-17(10-9-16(3)4)12-14-6-7-15-13(2)11-14/h13-15H,5-12H2,1-4H3. The van der Waals surface area contributed by atoms with Gasteiger partial charge in [-0.05, 0) is 59.3 Å². The van der Waals surface area contributed by atoms with Crippen molar-refractivity contribution in [1.29, 1.82) is 0 Å². The highest BCUT2D eigenvalue weighted by atomic mass is 15.2. The Balaban J connectivity index is 2.31. The Morgan fingerprint density at radius 3 is 2.53 bits per heavy atom. The summed E-state index contributed by atoms with van der Waals surface area (Å²) in [5.41, 5.74) is 0. The molecule has 0 aliphatic carbocycles. The minimum absolute atomic E-state index is 0.714. The lowest BCUT2D eigenvalue weighted by Gasteiger charge is -2.33. The molecule has 1 N–H and O–H groups in total. The van der Waals surface area contributed by atoms with Gasteiger partial charge in [0.25, 0.3) is 0 Å². The summed E-state index contributed by atoms with van der Waals surface area (Å²) in [5.74, 6) is 0.903. The molecule has 2 unspecified atom stereocenters. The summed E-state index contributed by atoms with van der Waals surface area (Å²) in [6, 6.07) is 0.714. The number of hydrogen-bond acceptors (Lipinski definition) is 3. The molecule has 0 saturated carbocycles. The van der Waals surface area contributed by atoms with Crippen molar-refractivity contribution in [3.05, 3.63) is 0 Å². The minimum Gasteiger partial charge on any atom is -0.314 e. The summed E-state index contributed by atoms with van der Waals surface area (Å²) < 4.78 is 0. The van der Waals surface area contributed by atoms with E-state index in [2.05, 4.69) is 43.1 Å². The Labute approximate surface area is 108 Å². The van der Waals surface area contributed by atoms with Gasteiger partial charge in [-0.15, -0.1) is 0 Å². The molecule has 17 heavy (non-hydrogen) atoms. The molecular formula is C14H31N3. The van der Waals surface area contributed by atoms with E-state index in [-0.39, 0.29) is 0 Å². The van der Waals surface area contributed by atoms with Crippen molar-refractivity contribution in [2.75, 3.05) is 46.8 Å². The van der Waals surface area contributed by atoms with Gasteiger partial charge in [-0.1, -0.05) is 6.92 Å².